The number of hydrogen-bond acceptors (Lipinski definition) is 2. The molecule has 0 fully saturated rings. The molecule has 2 rings (SSSR count). The number of aromatic nitrogens is 2. The van der Waals surface area contributed by atoms with Crippen LogP contribution in [0.2, 0.25) is 0 Å². The van der Waals surface area contributed by atoms with E-state index < -0.39 is 11.1 Å². The van der Waals surface area contributed by atoms with Crippen LogP contribution in [0.3, 0.4) is 0 Å². The SMILES string of the molecule is CC(C)CCn1ccn(-c2ccc(Br)cc2)c(=O)c1=O. The van der Waals surface area contributed by atoms with Gasteiger partial charge < -0.3 is 4.57 Å². The molecule has 20 heavy (non-hydrogen) atoms. The Morgan fingerprint density at radius 3 is 2.30 bits per heavy atom. The second-order valence-electron chi connectivity index (χ2n) is 5.13. The monoisotopic (exact) mass is 336 g/mol. The summed E-state index contributed by atoms with van der Waals surface area (Å²) in [6.07, 6.45) is 4.20. The molecular weight excluding hydrogens is 320 g/mol. The number of hydrogen-bond donors (Lipinski definition) is 0. The maximum absolute atomic E-state index is 12.1. The van der Waals surface area contributed by atoms with E-state index in [0.717, 1.165) is 10.9 Å². The molecule has 0 spiro atoms. The van der Waals surface area contributed by atoms with Gasteiger partial charge in [0.05, 0.1) is 0 Å². The van der Waals surface area contributed by atoms with Crippen LogP contribution < -0.4 is 11.1 Å². The largest absolute Gasteiger partial charge is 0.320 e. The van der Waals surface area contributed by atoms with Crippen molar-refractivity contribution < 1.29 is 0 Å². The third-order valence-electron chi connectivity index (χ3n) is 3.11. The van der Waals surface area contributed by atoms with Gasteiger partial charge in [0.15, 0.2) is 0 Å². The van der Waals surface area contributed by atoms with Gasteiger partial charge in [0.1, 0.15) is 0 Å². The Morgan fingerprint density at radius 1 is 1.05 bits per heavy atom. The number of halogens is 1. The molecule has 0 bridgehead atoms. The summed E-state index contributed by atoms with van der Waals surface area (Å²) < 4.78 is 3.79. The van der Waals surface area contributed by atoms with Gasteiger partial charge in [-0.3, -0.25) is 14.2 Å². The molecule has 0 aliphatic carbocycles. The van der Waals surface area contributed by atoms with Crippen LogP contribution in [-0.2, 0) is 6.54 Å². The summed E-state index contributed by atoms with van der Waals surface area (Å²) in [5.74, 6) is 0.496. The van der Waals surface area contributed by atoms with E-state index in [9.17, 15) is 9.59 Å². The first-order valence-corrected chi connectivity index (χ1v) is 7.36. The van der Waals surface area contributed by atoms with Crippen LogP contribution >= 0.6 is 15.9 Å². The van der Waals surface area contributed by atoms with E-state index in [2.05, 4.69) is 29.8 Å². The molecule has 4 nitrogen and oxygen atoms in total. The maximum Gasteiger partial charge on any atom is 0.320 e. The van der Waals surface area contributed by atoms with Gasteiger partial charge in [-0.1, -0.05) is 29.8 Å². The van der Waals surface area contributed by atoms with Crippen LogP contribution in [0.5, 0.6) is 0 Å². The Morgan fingerprint density at radius 2 is 1.70 bits per heavy atom. The minimum absolute atomic E-state index is 0.476. The Kier molecular flexibility index (Phi) is 4.60. The van der Waals surface area contributed by atoms with Crippen molar-refractivity contribution in [1.82, 2.24) is 9.13 Å². The summed E-state index contributed by atoms with van der Waals surface area (Å²) >= 11 is 3.34. The lowest BCUT2D eigenvalue weighted by molar-refractivity contribution is 0.503. The summed E-state index contributed by atoms with van der Waals surface area (Å²) in [6.45, 7) is 4.76. The summed E-state index contributed by atoms with van der Waals surface area (Å²) in [5.41, 5.74) is -0.305. The molecule has 0 aliphatic heterocycles. The Balaban J connectivity index is 2.38. The highest BCUT2D eigenvalue weighted by atomic mass is 79.9. The van der Waals surface area contributed by atoms with Gasteiger partial charge in [-0.2, -0.15) is 0 Å². The van der Waals surface area contributed by atoms with Crippen molar-refractivity contribution in [3.05, 3.63) is 61.8 Å². The van der Waals surface area contributed by atoms with Crippen LogP contribution in [0.1, 0.15) is 20.3 Å². The lowest BCUT2D eigenvalue weighted by Crippen LogP contribution is -2.40. The van der Waals surface area contributed by atoms with Crippen LogP contribution in [0.25, 0.3) is 5.69 Å². The topological polar surface area (TPSA) is 44.0 Å². The standard InChI is InChI=1S/C15H17BrN2O2/c1-11(2)7-8-17-9-10-18(15(20)14(17)19)13-5-3-12(16)4-6-13/h3-6,9-11H,7-8H2,1-2H3. The molecule has 0 N–H and O–H groups in total. The lowest BCUT2D eigenvalue weighted by atomic mass is 10.1. The second kappa shape index (κ2) is 6.22. The molecule has 0 aliphatic rings. The molecule has 0 atom stereocenters. The molecule has 1 heterocycles. The van der Waals surface area contributed by atoms with Gasteiger partial charge >= 0.3 is 11.1 Å². The number of rotatable bonds is 4. The predicted octanol–water partition coefficient (Wildman–Crippen LogP) is 2.81. The molecule has 2 aromatic rings. The zero-order chi connectivity index (χ0) is 14.7. The van der Waals surface area contributed by atoms with Gasteiger partial charge in [-0.05, 0) is 36.6 Å². The fourth-order valence-electron chi connectivity index (χ4n) is 1.89. The highest BCUT2D eigenvalue weighted by Gasteiger charge is 2.07. The van der Waals surface area contributed by atoms with Gasteiger partial charge in [0.25, 0.3) is 0 Å². The van der Waals surface area contributed by atoms with E-state index in [-0.39, 0.29) is 0 Å². The van der Waals surface area contributed by atoms with Crippen molar-refractivity contribution in [2.45, 2.75) is 26.8 Å². The average Bonchev–Trinajstić information content (AvgIpc) is 2.42. The Hall–Kier alpha value is -1.62. The van der Waals surface area contributed by atoms with Gasteiger partial charge in [-0.25, -0.2) is 0 Å². The molecule has 1 aromatic carbocycles. The summed E-state index contributed by atoms with van der Waals surface area (Å²) in [4.78, 5) is 24.2. The van der Waals surface area contributed by atoms with Gasteiger partial charge in [0, 0.05) is 29.1 Å². The molecule has 0 amide bonds. The number of benzene rings is 1. The van der Waals surface area contributed by atoms with Crippen molar-refractivity contribution in [1.29, 1.82) is 0 Å². The summed E-state index contributed by atoms with van der Waals surface area (Å²) in [6, 6.07) is 7.27. The molecule has 0 saturated heterocycles. The highest BCUT2D eigenvalue weighted by molar-refractivity contribution is 9.10. The lowest BCUT2D eigenvalue weighted by Gasteiger charge is -2.10. The first kappa shape index (κ1) is 14.8. The Labute approximate surface area is 125 Å². The number of nitrogens with zero attached hydrogens (tertiary/aromatic N) is 2. The van der Waals surface area contributed by atoms with Crippen LogP contribution in [0.4, 0.5) is 0 Å². The van der Waals surface area contributed by atoms with E-state index in [1.54, 1.807) is 24.5 Å². The zero-order valence-corrected chi connectivity index (χ0v) is 13.1. The molecule has 1 aromatic heterocycles. The quantitative estimate of drug-likeness (QED) is 0.806. The van der Waals surface area contributed by atoms with Crippen molar-refractivity contribution in [2.75, 3.05) is 0 Å². The minimum atomic E-state index is -0.515. The molecule has 5 heteroatoms. The van der Waals surface area contributed by atoms with Crippen molar-refractivity contribution in [3.63, 3.8) is 0 Å². The first-order chi connectivity index (χ1) is 9.49. The van der Waals surface area contributed by atoms with E-state index in [1.165, 1.54) is 9.13 Å². The van der Waals surface area contributed by atoms with Crippen LogP contribution in [-0.4, -0.2) is 9.13 Å². The van der Waals surface area contributed by atoms with Crippen molar-refractivity contribution in [2.24, 2.45) is 5.92 Å². The molecule has 0 saturated carbocycles. The summed E-state index contributed by atoms with van der Waals surface area (Å²) in [7, 11) is 0. The van der Waals surface area contributed by atoms with Gasteiger partial charge in [-0.15, -0.1) is 0 Å². The van der Waals surface area contributed by atoms with Crippen molar-refractivity contribution in [3.8, 4) is 5.69 Å². The third-order valence-corrected chi connectivity index (χ3v) is 3.64. The van der Waals surface area contributed by atoms with Crippen LogP contribution in [0, 0.1) is 5.92 Å². The maximum atomic E-state index is 12.1. The smallest absolute Gasteiger partial charge is 0.309 e. The normalized spacial score (nSPS) is 11.0. The summed E-state index contributed by atoms with van der Waals surface area (Å²) in [5, 5.41) is 0. The highest BCUT2D eigenvalue weighted by Crippen LogP contribution is 2.12. The molecule has 0 unspecified atom stereocenters. The van der Waals surface area contributed by atoms with E-state index >= 15 is 0 Å². The molecule has 0 radical (unpaired) electrons. The van der Waals surface area contributed by atoms with Gasteiger partial charge in [0.2, 0.25) is 0 Å². The number of aryl methyl sites for hydroxylation is 1. The fraction of sp³-hybridized carbons (Fsp3) is 0.333. The third kappa shape index (κ3) is 3.28. The Bertz CT molecular complexity index is 699. The zero-order valence-electron chi connectivity index (χ0n) is 11.5. The first-order valence-electron chi connectivity index (χ1n) is 6.57. The van der Waals surface area contributed by atoms with Crippen molar-refractivity contribution >= 4 is 15.9 Å². The molecule has 106 valence electrons. The fourth-order valence-corrected chi connectivity index (χ4v) is 2.15. The minimum Gasteiger partial charge on any atom is -0.309 e. The second-order valence-corrected chi connectivity index (χ2v) is 6.05. The predicted molar refractivity (Wildman–Crippen MR) is 83.5 cm³/mol. The molecular formula is C15H17BrN2O2. The van der Waals surface area contributed by atoms with Crippen LogP contribution in [0.15, 0.2) is 50.7 Å². The van der Waals surface area contributed by atoms with E-state index in [0.29, 0.717) is 18.2 Å². The average molecular weight is 337 g/mol. The van der Waals surface area contributed by atoms with E-state index in [4.69, 9.17) is 0 Å². The van der Waals surface area contributed by atoms with E-state index in [1.807, 2.05) is 12.1 Å².